The maximum atomic E-state index is 6.10. The number of halogens is 1. The van der Waals surface area contributed by atoms with Crippen LogP contribution in [0.3, 0.4) is 0 Å². The summed E-state index contributed by atoms with van der Waals surface area (Å²) in [5, 5.41) is 0. The molecule has 0 atom stereocenters. The fourth-order valence-electron chi connectivity index (χ4n) is 9.85. The Labute approximate surface area is 458 Å². The molecule has 0 aliphatic carbocycles. The van der Waals surface area contributed by atoms with E-state index in [2.05, 4.69) is 289 Å². The van der Waals surface area contributed by atoms with Crippen molar-refractivity contribution in [1.29, 1.82) is 0 Å². The van der Waals surface area contributed by atoms with Crippen molar-refractivity contribution in [3.8, 4) is 89.0 Å². The molecule has 0 saturated carbocycles. The Morgan fingerprint density at radius 3 is 0.763 bits per heavy atom. The summed E-state index contributed by atoms with van der Waals surface area (Å²) in [6, 6.07) is 111. The van der Waals surface area contributed by atoms with Crippen molar-refractivity contribution in [1.82, 2.24) is 0 Å². The number of para-hydroxylation sites is 1. The highest BCUT2D eigenvalue weighted by molar-refractivity contribution is 9.10. The average Bonchev–Trinajstić information content (AvgIpc) is 3.49. The van der Waals surface area contributed by atoms with Crippen LogP contribution in [0.4, 0.5) is 5.69 Å². The molecule has 0 aliphatic heterocycles. The first-order valence-electron chi connectivity index (χ1n) is 25.4. The summed E-state index contributed by atoms with van der Waals surface area (Å²) in [5.74, 6) is 0. The number of rotatable bonds is 10. The molecule has 0 bridgehead atoms. The molecule has 368 valence electrons. The van der Waals surface area contributed by atoms with Gasteiger partial charge in [0.1, 0.15) is 0 Å². The summed E-state index contributed by atoms with van der Waals surface area (Å²) in [6.07, 6.45) is 0.860. The highest BCUT2D eigenvalue weighted by atomic mass is 79.9. The molecule has 12 aromatic carbocycles. The first-order valence-corrected chi connectivity index (χ1v) is 26.2. The van der Waals surface area contributed by atoms with Crippen LogP contribution in [0.2, 0.25) is 0 Å². The first kappa shape index (κ1) is 51.8. The Balaban J connectivity index is 0.000000152. The van der Waals surface area contributed by atoms with Crippen LogP contribution < -0.4 is 5.73 Å². The molecule has 0 spiro atoms. The minimum atomic E-state index is 0. The van der Waals surface area contributed by atoms with Crippen molar-refractivity contribution in [2.45, 2.75) is 13.8 Å². The van der Waals surface area contributed by atoms with Crippen molar-refractivity contribution >= 4 is 21.6 Å². The fourth-order valence-corrected chi connectivity index (χ4v) is 10.3. The van der Waals surface area contributed by atoms with Gasteiger partial charge in [-0.25, -0.2) is 0 Å². The van der Waals surface area contributed by atoms with Crippen molar-refractivity contribution in [3.05, 3.63) is 331 Å². The predicted molar refractivity (Wildman–Crippen MR) is 331 cm³/mol. The molecule has 2 N–H and O–H groups in total. The lowest BCUT2D eigenvalue weighted by atomic mass is 9.86. The van der Waals surface area contributed by atoms with Gasteiger partial charge in [0.2, 0.25) is 0 Å². The van der Waals surface area contributed by atoms with Crippen LogP contribution in [0.25, 0.3) is 89.0 Å². The molecule has 0 heterocycles. The smallest absolute Gasteiger partial charge is 0.0393 e. The number of anilines is 1. The number of nitrogen functional groups attached to an aromatic ring is 1. The predicted octanol–water partition coefficient (Wildman–Crippen LogP) is 21.0. The van der Waals surface area contributed by atoms with Crippen LogP contribution in [0, 0.1) is 0 Å². The molecule has 0 saturated heterocycles. The molecule has 0 radical (unpaired) electrons. The van der Waals surface area contributed by atoms with Crippen molar-refractivity contribution in [3.63, 3.8) is 0 Å². The molecule has 12 aromatic rings. The molecule has 0 aliphatic rings. The van der Waals surface area contributed by atoms with E-state index in [9.17, 15) is 0 Å². The highest BCUT2D eigenvalue weighted by Crippen LogP contribution is 2.40. The van der Waals surface area contributed by atoms with E-state index < -0.39 is 0 Å². The fraction of sp³-hybridized carbons (Fsp3) is 0.0270. The molecular formula is C74H60BrN. The van der Waals surface area contributed by atoms with E-state index in [0.717, 1.165) is 22.1 Å². The molecule has 0 unspecified atom stereocenters. The third kappa shape index (κ3) is 12.3. The topological polar surface area (TPSA) is 26.0 Å². The third-order valence-corrected chi connectivity index (χ3v) is 14.1. The largest absolute Gasteiger partial charge is 0.398 e. The van der Waals surface area contributed by atoms with Gasteiger partial charge in [-0.1, -0.05) is 327 Å². The summed E-state index contributed by atoms with van der Waals surface area (Å²) in [7, 11) is 0. The van der Waals surface area contributed by atoms with E-state index in [1.165, 1.54) is 94.6 Å². The van der Waals surface area contributed by atoms with E-state index in [0.29, 0.717) is 0 Å². The van der Waals surface area contributed by atoms with Gasteiger partial charge in [-0.3, -0.25) is 0 Å². The average molecular weight is 1040 g/mol. The molecule has 1 nitrogen and oxygen atoms in total. The second-order valence-corrected chi connectivity index (χ2v) is 19.1. The Kier molecular flexibility index (Phi) is 17.5. The minimum Gasteiger partial charge on any atom is -0.398 e. The van der Waals surface area contributed by atoms with Gasteiger partial charge in [0, 0.05) is 15.7 Å². The van der Waals surface area contributed by atoms with Crippen molar-refractivity contribution in [2.75, 3.05) is 5.73 Å². The van der Waals surface area contributed by atoms with Gasteiger partial charge in [0.25, 0.3) is 0 Å². The molecule has 76 heavy (non-hydrogen) atoms. The molecule has 2 heteroatoms. The van der Waals surface area contributed by atoms with Crippen LogP contribution in [-0.4, -0.2) is 0 Å². The first-order chi connectivity index (χ1) is 37.1. The lowest BCUT2D eigenvalue weighted by Gasteiger charge is -2.17. The van der Waals surface area contributed by atoms with E-state index in [-0.39, 0.29) is 7.43 Å². The standard InChI is InChI=1S/C37H28.C18H13Br.C18H15N.CH4/c1-3-15-28(16-4-1)32-21-11-13-25-36(32)34-23-9-7-19-30(34)27-31-20-8-10-24-35(31)37-26-14-12-22-33(37)29-17-5-2-6-18-29;2*19-18-13-7-6-12-17(18)16-11-5-4-10-15(16)14-8-2-1-3-9-14;/h1-26H,27H2;1-13H;1-13H,19H2;1H4. The van der Waals surface area contributed by atoms with E-state index in [1.807, 2.05) is 42.5 Å². The number of benzene rings is 12. The van der Waals surface area contributed by atoms with Crippen LogP contribution in [0.1, 0.15) is 18.6 Å². The monoisotopic (exact) mass is 1040 g/mol. The van der Waals surface area contributed by atoms with Crippen LogP contribution >= 0.6 is 15.9 Å². The molecule has 0 aromatic heterocycles. The second-order valence-electron chi connectivity index (χ2n) is 18.2. The van der Waals surface area contributed by atoms with Crippen LogP contribution in [0.5, 0.6) is 0 Å². The summed E-state index contributed by atoms with van der Waals surface area (Å²) < 4.78 is 1.12. The van der Waals surface area contributed by atoms with Crippen LogP contribution in [0.15, 0.2) is 320 Å². The second kappa shape index (κ2) is 25.7. The van der Waals surface area contributed by atoms with Crippen LogP contribution in [-0.2, 0) is 6.42 Å². The SMILES string of the molecule is Brc1ccccc1-c1ccccc1-c1ccccc1.C.Nc1ccccc1-c1ccccc1-c1ccccc1.c1ccc(-c2ccccc2-c2ccccc2Cc2ccccc2-c2ccccc2-c2ccccc2)cc1. The zero-order chi connectivity index (χ0) is 51.0. The van der Waals surface area contributed by atoms with Gasteiger partial charge >= 0.3 is 0 Å². The summed E-state index contributed by atoms with van der Waals surface area (Å²) in [5.41, 5.74) is 29.3. The van der Waals surface area contributed by atoms with E-state index in [1.54, 1.807) is 0 Å². The van der Waals surface area contributed by atoms with Gasteiger partial charge in [0.15, 0.2) is 0 Å². The number of hydrogen-bond donors (Lipinski definition) is 1. The number of nitrogens with two attached hydrogens (primary N) is 1. The van der Waals surface area contributed by atoms with Crippen molar-refractivity contribution in [2.24, 2.45) is 0 Å². The van der Waals surface area contributed by atoms with Gasteiger partial charge in [-0.15, -0.1) is 0 Å². The normalized spacial score (nSPS) is 10.4. The molecular weight excluding hydrogens is 983 g/mol. The van der Waals surface area contributed by atoms with Crippen molar-refractivity contribution < 1.29 is 0 Å². The van der Waals surface area contributed by atoms with Gasteiger partial charge < -0.3 is 5.73 Å². The summed E-state index contributed by atoms with van der Waals surface area (Å²) in [6.45, 7) is 0. The number of hydrogen-bond acceptors (Lipinski definition) is 1. The van der Waals surface area contributed by atoms with E-state index >= 15 is 0 Å². The Morgan fingerprint density at radius 2 is 0.434 bits per heavy atom. The Bertz CT molecular complexity index is 3510. The lowest BCUT2D eigenvalue weighted by Crippen LogP contribution is -1.97. The third-order valence-electron chi connectivity index (χ3n) is 13.5. The molecule has 12 rings (SSSR count). The molecule has 0 amide bonds. The summed E-state index contributed by atoms with van der Waals surface area (Å²) in [4.78, 5) is 0. The zero-order valence-electron chi connectivity index (χ0n) is 41.7. The summed E-state index contributed by atoms with van der Waals surface area (Å²) >= 11 is 3.64. The zero-order valence-corrected chi connectivity index (χ0v) is 43.3. The maximum Gasteiger partial charge on any atom is 0.0393 e. The van der Waals surface area contributed by atoms with Gasteiger partial charge in [-0.05, 0) is 113 Å². The highest BCUT2D eigenvalue weighted by Gasteiger charge is 2.16. The van der Waals surface area contributed by atoms with Gasteiger partial charge in [-0.2, -0.15) is 0 Å². The lowest BCUT2D eigenvalue weighted by molar-refractivity contribution is 1.20. The Morgan fingerprint density at radius 1 is 0.211 bits per heavy atom. The van der Waals surface area contributed by atoms with Gasteiger partial charge in [0.05, 0.1) is 0 Å². The quantitative estimate of drug-likeness (QED) is 0.136. The Hall–Kier alpha value is -9.08. The van der Waals surface area contributed by atoms with E-state index in [4.69, 9.17) is 5.73 Å². The molecule has 0 fully saturated rings. The minimum absolute atomic E-state index is 0. The maximum absolute atomic E-state index is 6.10.